The molecule has 2 N–H and O–H groups in total. The first-order valence-corrected chi connectivity index (χ1v) is 14.0. The molecule has 0 amide bonds. The number of ketones is 2. The number of thioether (sulfide) groups is 1. The Morgan fingerprint density at radius 2 is 2.03 bits per heavy atom. The average molecular weight is 559 g/mol. The molecule has 0 saturated carbocycles. The van der Waals surface area contributed by atoms with E-state index in [1.165, 1.54) is 23.1 Å². The number of hydrogen-bond donors (Lipinski definition) is 1. The van der Waals surface area contributed by atoms with Gasteiger partial charge in [-0.2, -0.15) is 5.26 Å². The fourth-order valence-corrected chi connectivity index (χ4v) is 6.72. The largest absolute Gasteiger partial charge is 0.497 e. The third-order valence-electron chi connectivity index (χ3n) is 6.72. The van der Waals surface area contributed by atoms with Crippen molar-refractivity contribution in [1.29, 1.82) is 5.26 Å². The molecule has 1 aliphatic heterocycles. The smallest absolute Gasteiger partial charge is 0.219 e. The lowest BCUT2D eigenvalue weighted by atomic mass is 9.69. The van der Waals surface area contributed by atoms with Gasteiger partial charge in [0.1, 0.15) is 11.6 Å². The molecule has 39 heavy (non-hydrogen) atoms. The highest BCUT2D eigenvalue weighted by Crippen LogP contribution is 2.50. The molecule has 3 heterocycles. The molecular formula is C28H26N6O3S2. The zero-order valence-electron chi connectivity index (χ0n) is 21.7. The van der Waals surface area contributed by atoms with E-state index in [4.69, 9.17) is 10.5 Å². The van der Waals surface area contributed by atoms with E-state index in [9.17, 15) is 14.9 Å². The highest BCUT2D eigenvalue weighted by atomic mass is 32.2. The zero-order valence-corrected chi connectivity index (χ0v) is 23.3. The molecular weight excluding hydrogens is 532 g/mol. The van der Waals surface area contributed by atoms with Crippen LogP contribution in [0.25, 0.3) is 0 Å². The molecule has 2 aromatic heterocycles. The Morgan fingerprint density at radius 1 is 1.26 bits per heavy atom. The minimum atomic E-state index is -0.595. The summed E-state index contributed by atoms with van der Waals surface area (Å²) in [5.74, 6) is 0.413. The number of nitriles is 1. The average Bonchev–Trinajstić information content (AvgIpc) is 3.39. The third kappa shape index (κ3) is 5.17. The standard InChI is InChI=1S/C28H26N6O3S2/c1-28(2)11-20-24(21(35)12-28)23(17-5-4-10-31-14-17)19(13-29)25(30)34(20)26-32-33-27(39-26)38-15-22(36)16-6-8-18(37-3)9-7-16/h4-10,14,23H,11-12,15,30H2,1-3H3. The van der Waals surface area contributed by atoms with E-state index in [1.807, 2.05) is 19.9 Å². The Bertz CT molecular complexity index is 1540. The number of rotatable bonds is 7. The van der Waals surface area contributed by atoms with Crippen molar-refractivity contribution in [1.82, 2.24) is 15.2 Å². The summed E-state index contributed by atoms with van der Waals surface area (Å²) in [5, 5.41) is 19.3. The van der Waals surface area contributed by atoms with Gasteiger partial charge in [0, 0.05) is 35.6 Å². The summed E-state index contributed by atoms with van der Waals surface area (Å²) in [4.78, 5) is 32.2. The van der Waals surface area contributed by atoms with Gasteiger partial charge in [-0.25, -0.2) is 0 Å². The van der Waals surface area contributed by atoms with Crippen molar-refractivity contribution in [3.8, 4) is 11.8 Å². The van der Waals surface area contributed by atoms with Gasteiger partial charge < -0.3 is 10.5 Å². The maximum Gasteiger partial charge on any atom is 0.219 e. The molecule has 9 nitrogen and oxygen atoms in total. The lowest BCUT2D eigenvalue weighted by molar-refractivity contribution is -0.118. The van der Waals surface area contributed by atoms with E-state index in [0.29, 0.717) is 39.2 Å². The van der Waals surface area contributed by atoms with E-state index < -0.39 is 5.92 Å². The monoisotopic (exact) mass is 558 g/mol. The molecule has 1 aromatic carbocycles. The van der Waals surface area contributed by atoms with Gasteiger partial charge in [0.15, 0.2) is 15.9 Å². The number of hydrogen-bond acceptors (Lipinski definition) is 11. The van der Waals surface area contributed by atoms with Crippen LogP contribution in [0.3, 0.4) is 0 Å². The summed E-state index contributed by atoms with van der Waals surface area (Å²) in [6.45, 7) is 4.08. The van der Waals surface area contributed by atoms with Crippen molar-refractivity contribution in [2.75, 3.05) is 17.8 Å². The van der Waals surface area contributed by atoms with Gasteiger partial charge in [0.05, 0.1) is 30.4 Å². The van der Waals surface area contributed by atoms with Crippen LogP contribution in [0.2, 0.25) is 0 Å². The summed E-state index contributed by atoms with van der Waals surface area (Å²) in [6, 6.07) is 12.8. The molecule has 0 spiro atoms. The number of carbonyl (C=O) groups excluding carboxylic acids is 2. The Balaban J connectivity index is 1.48. The molecule has 0 bridgehead atoms. The second-order valence-electron chi connectivity index (χ2n) is 10.1. The van der Waals surface area contributed by atoms with Crippen molar-refractivity contribution < 1.29 is 14.3 Å². The number of benzene rings is 1. The van der Waals surface area contributed by atoms with Crippen LogP contribution in [0.1, 0.15) is 48.5 Å². The second-order valence-corrected chi connectivity index (χ2v) is 12.2. The van der Waals surface area contributed by atoms with Crippen LogP contribution in [-0.2, 0) is 4.79 Å². The topological polar surface area (TPSA) is 135 Å². The fraction of sp³-hybridized carbons (Fsp3) is 0.286. The number of anilines is 1. The van der Waals surface area contributed by atoms with Crippen LogP contribution in [0.4, 0.5) is 5.13 Å². The number of allylic oxidation sites excluding steroid dienone is 3. The minimum absolute atomic E-state index is 0.0236. The van der Waals surface area contributed by atoms with Crippen LogP contribution in [0, 0.1) is 16.7 Å². The number of methoxy groups -OCH3 is 1. The highest BCUT2D eigenvalue weighted by molar-refractivity contribution is 8.01. The molecule has 5 rings (SSSR count). The lowest BCUT2D eigenvalue weighted by Gasteiger charge is -2.42. The highest BCUT2D eigenvalue weighted by Gasteiger charge is 2.45. The normalized spacial score (nSPS) is 18.6. The summed E-state index contributed by atoms with van der Waals surface area (Å²) >= 11 is 2.54. The van der Waals surface area contributed by atoms with E-state index in [2.05, 4.69) is 21.3 Å². The maximum atomic E-state index is 13.6. The summed E-state index contributed by atoms with van der Waals surface area (Å²) < 4.78 is 5.73. The van der Waals surface area contributed by atoms with Crippen LogP contribution in [-0.4, -0.2) is 39.6 Å². The Labute approximate surface area is 234 Å². The van der Waals surface area contributed by atoms with Crippen molar-refractivity contribution in [2.45, 2.75) is 36.9 Å². The first kappa shape index (κ1) is 26.6. The van der Waals surface area contributed by atoms with Gasteiger partial charge in [0.25, 0.3) is 0 Å². The number of nitrogens with zero attached hydrogens (tertiary/aromatic N) is 5. The minimum Gasteiger partial charge on any atom is -0.497 e. The number of carbonyl (C=O) groups is 2. The Kier molecular flexibility index (Phi) is 7.25. The van der Waals surface area contributed by atoms with Gasteiger partial charge in [-0.3, -0.25) is 19.5 Å². The van der Waals surface area contributed by atoms with Crippen LogP contribution >= 0.6 is 23.1 Å². The SMILES string of the molecule is COc1ccc(C(=O)CSc2nnc(N3C(N)=C(C#N)C(c4cccnc4)C4=C3CC(C)(C)CC4=O)s2)cc1. The van der Waals surface area contributed by atoms with E-state index >= 15 is 0 Å². The van der Waals surface area contributed by atoms with Gasteiger partial charge in [0.2, 0.25) is 5.13 Å². The first-order valence-electron chi connectivity index (χ1n) is 12.2. The number of Topliss-reactive ketones (excluding diaryl/α,β-unsaturated/α-hetero) is 2. The molecule has 0 saturated heterocycles. The quantitative estimate of drug-likeness (QED) is 0.316. The Morgan fingerprint density at radius 3 is 2.69 bits per heavy atom. The lowest BCUT2D eigenvalue weighted by Crippen LogP contribution is -2.42. The van der Waals surface area contributed by atoms with Gasteiger partial charge >= 0.3 is 0 Å². The molecule has 3 aromatic rings. The molecule has 2 aliphatic rings. The molecule has 0 radical (unpaired) electrons. The third-order valence-corrected chi connectivity index (χ3v) is 8.77. The molecule has 198 valence electrons. The maximum absolute atomic E-state index is 13.6. The van der Waals surface area contributed by atoms with Gasteiger partial charge in [-0.05, 0) is 47.7 Å². The predicted molar refractivity (Wildman–Crippen MR) is 149 cm³/mol. The molecule has 11 heteroatoms. The van der Waals surface area contributed by atoms with Crippen LogP contribution < -0.4 is 15.4 Å². The van der Waals surface area contributed by atoms with Crippen molar-refractivity contribution >= 4 is 39.8 Å². The fourth-order valence-electron chi connectivity index (χ4n) is 4.95. The number of aromatic nitrogens is 3. The number of nitrogens with two attached hydrogens (primary N) is 1. The predicted octanol–water partition coefficient (Wildman–Crippen LogP) is 4.86. The number of ether oxygens (including phenoxy) is 1. The van der Waals surface area contributed by atoms with Crippen LogP contribution in [0.15, 0.2) is 75.8 Å². The molecule has 0 fully saturated rings. The van der Waals surface area contributed by atoms with E-state index in [-0.39, 0.29) is 34.1 Å². The Hall–Kier alpha value is -4.01. The van der Waals surface area contributed by atoms with Gasteiger partial charge in [-0.15, -0.1) is 10.2 Å². The first-order chi connectivity index (χ1) is 18.7. The molecule has 1 aliphatic carbocycles. The van der Waals surface area contributed by atoms with Crippen molar-refractivity contribution in [3.05, 3.63) is 82.6 Å². The van der Waals surface area contributed by atoms with Gasteiger partial charge in [-0.1, -0.05) is 43.0 Å². The zero-order chi connectivity index (χ0) is 27.7. The van der Waals surface area contributed by atoms with E-state index in [0.717, 1.165) is 11.3 Å². The number of pyridine rings is 1. The summed E-state index contributed by atoms with van der Waals surface area (Å²) in [6.07, 6.45) is 4.25. The second kappa shape index (κ2) is 10.6. The van der Waals surface area contributed by atoms with E-state index in [1.54, 1.807) is 54.7 Å². The molecule has 1 atom stereocenters. The van der Waals surface area contributed by atoms with Crippen molar-refractivity contribution in [2.24, 2.45) is 11.1 Å². The molecule has 1 unspecified atom stereocenters. The summed E-state index contributed by atoms with van der Waals surface area (Å²) in [5.41, 5.74) is 9.21. The van der Waals surface area contributed by atoms with Crippen LogP contribution in [0.5, 0.6) is 5.75 Å². The van der Waals surface area contributed by atoms with Crippen molar-refractivity contribution in [3.63, 3.8) is 0 Å². The summed E-state index contributed by atoms with van der Waals surface area (Å²) in [7, 11) is 1.58.